The van der Waals surface area contributed by atoms with E-state index < -0.39 is 0 Å². The maximum atomic E-state index is 11.9. The normalized spacial score (nSPS) is 21.1. The quantitative estimate of drug-likeness (QED) is 0.873. The van der Waals surface area contributed by atoms with Gasteiger partial charge in [-0.3, -0.25) is 4.79 Å². The Hall–Kier alpha value is -1.26. The molecule has 0 aromatic heterocycles. The average Bonchev–Trinajstić information content (AvgIpc) is 2.86. The minimum atomic E-state index is 0. The summed E-state index contributed by atoms with van der Waals surface area (Å²) in [6.45, 7) is 0.644. The van der Waals surface area contributed by atoms with Crippen molar-refractivity contribution >= 4 is 18.3 Å². The number of benzene rings is 1. The van der Waals surface area contributed by atoms with Crippen LogP contribution < -0.4 is 15.8 Å². The second-order valence-corrected chi connectivity index (χ2v) is 5.12. The largest absolute Gasteiger partial charge is 0.496 e. The number of nitrogens with two attached hydrogens (primary N) is 1. The first-order valence-corrected chi connectivity index (χ1v) is 6.86. The number of para-hydroxylation sites is 1. The Morgan fingerprint density at radius 3 is 2.80 bits per heavy atom. The highest BCUT2D eigenvalue weighted by Crippen LogP contribution is 2.24. The van der Waals surface area contributed by atoms with Crippen molar-refractivity contribution in [2.24, 2.45) is 11.7 Å². The van der Waals surface area contributed by atoms with Crippen molar-refractivity contribution in [3.63, 3.8) is 0 Å². The monoisotopic (exact) mass is 298 g/mol. The van der Waals surface area contributed by atoms with Crippen molar-refractivity contribution in [2.45, 2.75) is 31.7 Å². The van der Waals surface area contributed by atoms with Gasteiger partial charge in [-0.15, -0.1) is 12.4 Å². The maximum Gasteiger partial charge on any atom is 0.223 e. The van der Waals surface area contributed by atoms with E-state index in [1.807, 2.05) is 24.3 Å². The van der Waals surface area contributed by atoms with E-state index in [9.17, 15) is 4.79 Å². The molecule has 0 bridgehead atoms. The fraction of sp³-hybridized carbons (Fsp3) is 0.533. The van der Waals surface area contributed by atoms with E-state index in [0.29, 0.717) is 6.54 Å². The lowest BCUT2D eigenvalue weighted by Gasteiger charge is -2.12. The first-order valence-electron chi connectivity index (χ1n) is 6.86. The lowest BCUT2D eigenvalue weighted by Crippen LogP contribution is -2.32. The van der Waals surface area contributed by atoms with Gasteiger partial charge in [-0.1, -0.05) is 18.2 Å². The van der Waals surface area contributed by atoms with Crippen molar-refractivity contribution in [1.82, 2.24) is 5.32 Å². The predicted octanol–water partition coefficient (Wildman–Crippen LogP) is 1.90. The van der Waals surface area contributed by atoms with E-state index in [-0.39, 0.29) is 30.3 Å². The molecule has 2 rings (SSSR count). The molecule has 3 N–H and O–H groups in total. The van der Waals surface area contributed by atoms with Crippen LogP contribution in [-0.2, 0) is 11.2 Å². The molecule has 1 aliphatic carbocycles. The number of amides is 1. The molecule has 1 saturated carbocycles. The van der Waals surface area contributed by atoms with Gasteiger partial charge in [0, 0.05) is 18.5 Å². The summed E-state index contributed by atoms with van der Waals surface area (Å²) in [5, 5.41) is 2.99. The number of ether oxygens (including phenoxy) is 1. The zero-order valence-corrected chi connectivity index (χ0v) is 12.6. The van der Waals surface area contributed by atoms with Gasteiger partial charge < -0.3 is 15.8 Å². The number of hydrogen-bond donors (Lipinski definition) is 2. The van der Waals surface area contributed by atoms with Gasteiger partial charge in [0.05, 0.1) is 7.11 Å². The number of rotatable bonds is 5. The number of carbonyl (C=O) groups is 1. The van der Waals surface area contributed by atoms with Crippen molar-refractivity contribution < 1.29 is 9.53 Å². The molecule has 0 radical (unpaired) electrons. The van der Waals surface area contributed by atoms with Gasteiger partial charge in [0.15, 0.2) is 0 Å². The van der Waals surface area contributed by atoms with Gasteiger partial charge in [0.1, 0.15) is 5.75 Å². The summed E-state index contributed by atoms with van der Waals surface area (Å²) in [6.07, 6.45) is 3.49. The number of halogens is 1. The van der Waals surface area contributed by atoms with Crippen LogP contribution in [0.4, 0.5) is 0 Å². The lowest BCUT2D eigenvalue weighted by molar-refractivity contribution is -0.124. The van der Waals surface area contributed by atoms with E-state index in [4.69, 9.17) is 10.5 Å². The molecule has 1 aromatic carbocycles. The highest BCUT2D eigenvalue weighted by atomic mass is 35.5. The van der Waals surface area contributed by atoms with Crippen LogP contribution in [0.3, 0.4) is 0 Å². The molecule has 4 nitrogen and oxygen atoms in total. The average molecular weight is 299 g/mol. The van der Waals surface area contributed by atoms with E-state index in [1.165, 1.54) is 0 Å². The third-order valence-corrected chi connectivity index (χ3v) is 3.73. The van der Waals surface area contributed by atoms with Crippen LogP contribution in [0.25, 0.3) is 0 Å². The molecule has 1 aliphatic rings. The van der Waals surface area contributed by atoms with Crippen LogP contribution in [0.5, 0.6) is 5.75 Å². The molecule has 20 heavy (non-hydrogen) atoms. The van der Waals surface area contributed by atoms with Gasteiger partial charge in [-0.2, -0.15) is 0 Å². The first kappa shape index (κ1) is 16.8. The fourth-order valence-electron chi connectivity index (χ4n) is 2.63. The van der Waals surface area contributed by atoms with E-state index in [1.54, 1.807) is 7.11 Å². The van der Waals surface area contributed by atoms with Gasteiger partial charge in [-0.25, -0.2) is 0 Å². The standard InChI is InChI=1S/C15H22N2O2.ClH/c1-19-14-5-3-2-4-11(14)8-9-17-15(18)12-6-7-13(16)10-12;/h2-5,12-13H,6-10,16H2,1H3,(H,17,18);1H. The molecule has 2 unspecified atom stereocenters. The van der Waals surface area contributed by atoms with Crippen molar-refractivity contribution in [3.8, 4) is 5.75 Å². The molecule has 0 saturated heterocycles. The molecule has 1 amide bonds. The van der Waals surface area contributed by atoms with Crippen LogP contribution in [-0.4, -0.2) is 25.6 Å². The Bertz CT molecular complexity index is 440. The van der Waals surface area contributed by atoms with E-state index in [2.05, 4.69) is 5.32 Å². The molecule has 0 aliphatic heterocycles. The molecule has 5 heteroatoms. The number of methoxy groups -OCH3 is 1. The number of hydrogen-bond acceptors (Lipinski definition) is 3. The van der Waals surface area contributed by atoms with Gasteiger partial charge in [0.25, 0.3) is 0 Å². The molecule has 1 fully saturated rings. The summed E-state index contributed by atoms with van der Waals surface area (Å²) in [7, 11) is 1.66. The first-order chi connectivity index (χ1) is 9.20. The van der Waals surface area contributed by atoms with Crippen LogP contribution in [0.15, 0.2) is 24.3 Å². The zero-order valence-electron chi connectivity index (χ0n) is 11.8. The third-order valence-electron chi connectivity index (χ3n) is 3.73. The molecule has 1 aromatic rings. The lowest BCUT2D eigenvalue weighted by atomic mass is 10.1. The van der Waals surface area contributed by atoms with E-state index in [0.717, 1.165) is 37.0 Å². The zero-order chi connectivity index (χ0) is 13.7. The van der Waals surface area contributed by atoms with Crippen LogP contribution in [0.2, 0.25) is 0 Å². The summed E-state index contributed by atoms with van der Waals surface area (Å²) >= 11 is 0. The van der Waals surface area contributed by atoms with Crippen molar-refractivity contribution in [2.75, 3.05) is 13.7 Å². The van der Waals surface area contributed by atoms with Crippen LogP contribution in [0.1, 0.15) is 24.8 Å². The second kappa shape index (κ2) is 8.12. The number of carbonyl (C=O) groups excluding carboxylic acids is 1. The molecular weight excluding hydrogens is 276 g/mol. The summed E-state index contributed by atoms with van der Waals surface area (Å²) in [5.74, 6) is 1.12. The third kappa shape index (κ3) is 4.39. The molecule has 112 valence electrons. The molecule has 0 heterocycles. The maximum absolute atomic E-state index is 11.9. The Balaban J connectivity index is 0.00000200. The summed E-state index contributed by atoms with van der Waals surface area (Å²) < 4.78 is 5.29. The summed E-state index contributed by atoms with van der Waals surface area (Å²) in [5.41, 5.74) is 6.94. The highest BCUT2D eigenvalue weighted by molar-refractivity contribution is 5.85. The number of nitrogens with one attached hydrogen (secondary N) is 1. The predicted molar refractivity (Wildman–Crippen MR) is 82.3 cm³/mol. The van der Waals surface area contributed by atoms with Crippen molar-refractivity contribution in [1.29, 1.82) is 0 Å². The van der Waals surface area contributed by atoms with Gasteiger partial charge in [-0.05, 0) is 37.3 Å². The van der Waals surface area contributed by atoms with E-state index >= 15 is 0 Å². The molecule has 2 atom stereocenters. The highest BCUT2D eigenvalue weighted by Gasteiger charge is 2.27. The Kier molecular flexibility index (Phi) is 6.82. The summed E-state index contributed by atoms with van der Waals surface area (Å²) in [6, 6.07) is 8.09. The van der Waals surface area contributed by atoms with Crippen molar-refractivity contribution in [3.05, 3.63) is 29.8 Å². The van der Waals surface area contributed by atoms with Crippen LogP contribution in [0, 0.1) is 5.92 Å². The minimum absolute atomic E-state index is 0. The topological polar surface area (TPSA) is 64.3 Å². The smallest absolute Gasteiger partial charge is 0.223 e. The van der Waals surface area contributed by atoms with Crippen LogP contribution >= 0.6 is 12.4 Å². The second-order valence-electron chi connectivity index (χ2n) is 5.12. The molecule has 0 spiro atoms. The Morgan fingerprint density at radius 1 is 1.40 bits per heavy atom. The SMILES string of the molecule is COc1ccccc1CCNC(=O)C1CCC(N)C1.Cl. The summed E-state index contributed by atoms with van der Waals surface area (Å²) in [4.78, 5) is 11.9. The van der Waals surface area contributed by atoms with Gasteiger partial charge >= 0.3 is 0 Å². The van der Waals surface area contributed by atoms with Gasteiger partial charge in [0.2, 0.25) is 5.91 Å². The minimum Gasteiger partial charge on any atom is -0.496 e. The molecular formula is C15H23ClN2O2. The Labute approximate surface area is 126 Å². The fourth-order valence-corrected chi connectivity index (χ4v) is 2.63. The Morgan fingerprint density at radius 2 is 2.15 bits per heavy atom.